The van der Waals surface area contributed by atoms with Crippen LogP contribution in [0.5, 0.6) is 0 Å². The first kappa shape index (κ1) is 10.7. The molecule has 1 aliphatic heterocycles. The van der Waals surface area contributed by atoms with E-state index < -0.39 is 0 Å². The quantitative estimate of drug-likeness (QED) is 0.872. The molecule has 1 aliphatic rings. The lowest BCUT2D eigenvalue weighted by Gasteiger charge is -2.22. The summed E-state index contributed by atoms with van der Waals surface area (Å²) >= 11 is 0. The smallest absolute Gasteiger partial charge is 0.137 e. The zero-order valence-corrected chi connectivity index (χ0v) is 9.80. The van der Waals surface area contributed by atoms with Gasteiger partial charge in [0, 0.05) is 18.9 Å². The van der Waals surface area contributed by atoms with Crippen molar-refractivity contribution in [3.8, 4) is 0 Å². The second kappa shape index (κ2) is 4.85. The molecular formula is C13H17N3O. The Labute approximate surface area is 101 Å². The largest absolute Gasteiger partial charge is 0.371 e. The summed E-state index contributed by atoms with van der Waals surface area (Å²) in [7, 11) is 0. The summed E-state index contributed by atoms with van der Waals surface area (Å²) in [5, 5.41) is 3.35. The summed E-state index contributed by atoms with van der Waals surface area (Å²) in [4.78, 5) is 4.51. The van der Waals surface area contributed by atoms with Crippen LogP contribution in [-0.4, -0.2) is 28.6 Å². The highest BCUT2D eigenvalue weighted by Crippen LogP contribution is 2.10. The number of hydrogen-bond donors (Lipinski definition) is 1. The molecule has 0 saturated carbocycles. The first-order valence-electron chi connectivity index (χ1n) is 6.17. The summed E-state index contributed by atoms with van der Waals surface area (Å²) in [5.74, 6) is 0. The number of aromatic nitrogens is 2. The molecular weight excluding hydrogens is 214 g/mol. The third kappa shape index (κ3) is 2.48. The molecule has 4 heteroatoms. The topological polar surface area (TPSA) is 38.6 Å². The Hall–Kier alpha value is -1.39. The van der Waals surface area contributed by atoms with Gasteiger partial charge < -0.3 is 14.5 Å². The van der Waals surface area contributed by atoms with Crippen molar-refractivity contribution >= 4 is 5.65 Å². The molecule has 0 spiro atoms. The van der Waals surface area contributed by atoms with Crippen LogP contribution in [0.1, 0.15) is 18.5 Å². The van der Waals surface area contributed by atoms with Gasteiger partial charge in [-0.25, -0.2) is 4.98 Å². The number of nitrogens with zero attached hydrogens (tertiary/aromatic N) is 2. The van der Waals surface area contributed by atoms with Crippen LogP contribution in [0, 0.1) is 0 Å². The van der Waals surface area contributed by atoms with Gasteiger partial charge in [-0.15, -0.1) is 0 Å². The van der Waals surface area contributed by atoms with E-state index in [2.05, 4.69) is 10.3 Å². The predicted molar refractivity (Wildman–Crippen MR) is 65.9 cm³/mol. The Bertz CT molecular complexity index is 455. The SMILES string of the molecule is c1ccn2cc(COC3CCCNC3)nc2c1. The minimum Gasteiger partial charge on any atom is -0.371 e. The zero-order valence-electron chi connectivity index (χ0n) is 9.80. The fraction of sp³-hybridized carbons (Fsp3) is 0.462. The molecule has 0 aromatic carbocycles. The number of rotatable bonds is 3. The van der Waals surface area contributed by atoms with Crippen LogP contribution in [0.15, 0.2) is 30.6 Å². The summed E-state index contributed by atoms with van der Waals surface area (Å²) in [6, 6.07) is 6.01. The monoisotopic (exact) mass is 231 g/mol. The molecule has 1 N–H and O–H groups in total. The van der Waals surface area contributed by atoms with Crippen molar-refractivity contribution in [2.75, 3.05) is 13.1 Å². The predicted octanol–water partition coefficient (Wildman–Crippen LogP) is 1.60. The molecule has 1 unspecified atom stereocenters. The molecule has 1 fully saturated rings. The van der Waals surface area contributed by atoms with Gasteiger partial charge in [0.15, 0.2) is 0 Å². The summed E-state index contributed by atoms with van der Waals surface area (Å²) in [5.41, 5.74) is 1.98. The third-order valence-electron chi connectivity index (χ3n) is 3.13. The molecule has 3 rings (SSSR count). The second-order valence-electron chi connectivity index (χ2n) is 4.48. The van der Waals surface area contributed by atoms with Crippen LogP contribution in [0.2, 0.25) is 0 Å². The van der Waals surface area contributed by atoms with Crippen molar-refractivity contribution in [2.45, 2.75) is 25.6 Å². The van der Waals surface area contributed by atoms with E-state index >= 15 is 0 Å². The average molecular weight is 231 g/mol. The van der Waals surface area contributed by atoms with E-state index in [9.17, 15) is 0 Å². The van der Waals surface area contributed by atoms with Crippen LogP contribution < -0.4 is 5.32 Å². The molecule has 90 valence electrons. The van der Waals surface area contributed by atoms with E-state index in [0.717, 1.165) is 30.9 Å². The van der Waals surface area contributed by atoms with Crippen molar-refractivity contribution in [3.05, 3.63) is 36.3 Å². The molecule has 2 aromatic rings. The van der Waals surface area contributed by atoms with Gasteiger partial charge in [-0.2, -0.15) is 0 Å². The van der Waals surface area contributed by atoms with Gasteiger partial charge in [-0.05, 0) is 31.5 Å². The van der Waals surface area contributed by atoms with Crippen molar-refractivity contribution in [2.24, 2.45) is 0 Å². The lowest BCUT2D eigenvalue weighted by molar-refractivity contribution is 0.0238. The van der Waals surface area contributed by atoms with Gasteiger partial charge in [0.2, 0.25) is 0 Å². The van der Waals surface area contributed by atoms with Crippen molar-refractivity contribution < 1.29 is 4.74 Å². The normalized spacial score (nSPS) is 20.8. The van der Waals surface area contributed by atoms with Gasteiger partial charge in [0.1, 0.15) is 5.65 Å². The highest BCUT2D eigenvalue weighted by atomic mass is 16.5. The summed E-state index contributed by atoms with van der Waals surface area (Å²) in [6.45, 7) is 2.69. The van der Waals surface area contributed by atoms with Gasteiger partial charge >= 0.3 is 0 Å². The van der Waals surface area contributed by atoms with Crippen molar-refractivity contribution in [3.63, 3.8) is 0 Å². The molecule has 4 nitrogen and oxygen atoms in total. The molecule has 2 aromatic heterocycles. The first-order chi connectivity index (χ1) is 8.42. The Kier molecular flexibility index (Phi) is 3.07. The Balaban J connectivity index is 1.64. The highest BCUT2D eigenvalue weighted by molar-refractivity contribution is 5.39. The number of nitrogens with one attached hydrogen (secondary N) is 1. The number of piperidine rings is 1. The molecule has 0 radical (unpaired) electrons. The maximum Gasteiger partial charge on any atom is 0.137 e. The van der Waals surface area contributed by atoms with Crippen molar-refractivity contribution in [1.29, 1.82) is 0 Å². The van der Waals surface area contributed by atoms with E-state index in [4.69, 9.17) is 4.74 Å². The van der Waals surface area contributed by atoms with Crippen LogP contribution in [0.4, 0.5) is 0 Å². The highest BCUT2D eigenvalue weighted by Gasteiger charge is 2.13. The van der Waals surface area contributed by atoms with E-state index in [0.29, 0.717) is 12.7 Å². The molecule has 0 bridgehead atoms. The van der Waals surface area contributed by atoms with E-state index in [-0.39, 0.29) is 0 Å². The minimum atomic E-state index is 0.341. The standard InChI is InChI=1S/C13H17N3O/c1-2-7-16-9-11(15-13(16)5-1)10-17-12-4-3-6-14-8-12/h1-2,5,7,9,12,14H,3-4,6,8,10H2. The van der Waals surface area contributed by atoms with Crippen LogP contribution in [0.3, 0.4) is 0 Å². The number of fused-ring (bicyclic) bond motifs is 1. The molecule has 0 amide bonds. The lowest BCUT2D eigenvalue weighted by Crippen LogP contribution is -2.35. The van der Waals surface area contributed by atoms with Gasteiger partial charge in [0.05, 0.1) is 18.4 Å². The molecule has 1 saturated heterocycles. The fourth-order valence-electron chi connectivity index (χ4n) is 2.22. The van der Waals surface area contributed by atoms with E-state index in [1.165, 1.54) is 6.42 Å². The second-order valence-corrected chi connectivity index (χ2v) is 4.48. The van der Waals surface area contributed by atoms with Crippen LogP contribution >= 0.6 is 0 Å². The Morgan fingerprint density at radius 2 is 2.47 bits per heavy atom. The summed E-state index contributed by atoms with van der Waals surface area (Å²) < 4.78 is 7.89. The lowest BCUT2D eigenvalue weighted by atomic mass is 10.1. The molecule has 1 atom stereocenters. The minimum absolute atomic E-state index is 0.341. The molecule has 0 aliphatic carbocycles. The number of pyridine rings is 1. The van der Waals surface area contributed by atoms with Crippen LogP contribution in [-0.2, 0) is 11.3 Å². The molecule has 3 heterocycles. The van der Waals surface area contributed by atoms with Crippen LogP contribution in [0.25, 0.3) is 5.65 Å². The van der Waals surface area contributed by atoms with E-state index in [1.807, 2.05) is 35.0 Å². The number of imidazole rings is 1. The maximum absolute atomic E-state index is 5.86. The maximum atomic E-state index is 5.86. The van der Waals surface area contributed by atoms with Gasteiger partial charge in [-0.3, -0.25) is 0 Å². The van der Waals surface area contributed by atoms with E-state index in [1.54, 1.807) is 0 Å². The Morgan fingerprint density at radius 1 is 1.47 bits per heavy atom. The summed E-state index contributed by atoms with van der Waals surface area (Å²) in [6.07, 6.45) is 6.74. The molecule has 17 heavy (non-hydrogen) atoms. The fourth-order valence-corrected chi connectivity index (χ4v) is 2.22. The average Bonchev–Trinajstić information content (AvgIpc) is 2.80. The third-order valence-corrected chi connectivity index (χ3v) is 3.13. The van der Waals surface area contributed by atoms with Gasteiger partial charge in [-0.1, -0.05) is 6.07 Å². The first-order valence-corrected chi connectivity index (χ1v) is 6.17. The van der Waals surface area contributed by atoms with Gasteiger partial charge in [0.25, 0.3) is 0 Å². The Morgan fingerprint density at radius 3 is 3.29 bits per heavy atom. The van der Waals surface area contributed by atoms with Crippen molar-refractivity contribution in [1.82, 2.24) is 14.7 Å². The number of hydrogen-bond acceptors (Lipinski definition) is 3. The zero-order chi connectivity index (χ0) is 11.5. The number of ether oxygens (including phenoxy) is 1.